The Balaban J connectivity index is 1.20. The molecule has 5 heterocycles. The van der Waals surface area contributed by atoms with Gasteiger partial charge in [-0.05, 0) is 44.9 Å². The van der Waals surface area contributed by atoms with E-state index < -0.39 is 0 Å². The van der Waals surface area contributed by atoms with E-state index in [2.05, 4.69) is 25.6 Å². The highest BCUT2D eigenvalue weighted by Crippen LogP contribution is 2.33. The maximum atomic E-state index is 13.5. The lowest BCUT2D eigenvalue weighted by atomic mass is 10.0. The first-order chi connectivity index (χ1) is 21.8. The van der Waals surface area contributed by atoms with Gasteiger partial charge >= 0.3 is 0 Å². The third-order valence-corrected chi connectivity index (χ3v) is 8.59. The van der Waals surface area contributed by atoms with E-state index in [1.54, 1.807) is 21.1 Å². The van der Waals surface area contributed by atoms with Crippen LogP contribution in [0.2, 0.25) is 0 Å². The van der Waals surface area contributed by atoms with Gasteiger partial charge in [-0.25, -0.2) is 4.98 Å². The zero-order valence-electron chi connectivity index (χ0n) is 26.4. The summed E-state index contributed by atoms with van der Waals surface area (Å²) < 4.78 is 14.7. The lowest BCUT2D eigenvalue weighted by Gasteiger charge is -2.35. The van der Waals surface area contributed by atoms with Crippen LogP contribution in [0.3, 0.4) is 0 Å². The molecule has 2 aliphatic heterocycles. The second-order valence-electron chi connectivity index (χ2n) is 11.3. The van der Waals surface area contributed by atoms with Crippen molar-refractivity contribution in [2.75, 3.05) is 62.5 Å². The molecular formula is C32H39N9O4. The number of nitrogens with one attached hydrogen (secondary N) is 2. The Morgan fingerprint density at radius 1 is 1.04 bits per heavy atom. The third-order valence-electron chi connectivity index (χ3n) is 8.59. The molecular weight excluding hydrogens is 574 g/mol. The lowest BCUT2D eigenvalue weighted by Crippen LogP contribution is -2.48. The summed E-state index contributed by atoms with van der Waals surface area (Å²) in [6.45, 7) is 9.53. The van der Waals surface area contributed by atoms with Gasteiger partial charge in [0.2, 0.25) is 11.9 Å². The lowest BCUT2D eigenvalue weighted by molar-refractivity contribution is -0.129. The molecule has 6 rings (SSSR count). The highest BCUT2D eigenvalue weighted by Gasteiger charge is 2.26. The smallest absolute Gasteiger partial charge is 0.257 e. The van der Waals surface area contributed by atoms with Crippen LogP contribution in [0.5, 0.6) is 5.75 Å². The molecule has 1 aromatic carbocycles. The Labute approximate surface area is 262 Å². The Morgan fingerprint density at radius 2 is 1.84 bits per heavy atom. The zero-order chi connectivity index (χ0) is 31.7. The number of fused-ring (bicyclic) bond motifs is 3. The van der Waals surface area contributed by atoms with Gasteiger partial charge in [0.1, 0.15) is 11.6 Å². The molecule has 13 nitrogen and oxygen atoms in total. The average molecular weight is 614 g/mol. The number of carbonyl (C=O) groups is 2. The van der Waals surface area contributed by atoms with Crippen LogP contribution in [-0.2, 0) is 28.9 Å². The van der Waals surface area contributed by atoms with Gasteiger partial charge in [-0.3, -0.25) is 14.3 Å². The Hall–Kier alpha value is -4.91. The zero-order valence-corrected chi connectivity index (χ0v) is 26.4. The SMILES string of the molecule is COCCn1nc(C)c(NC(=O)c2ccn3c2CCc2cnc(Nc4ccc(N5CCN(C(C)=O)CC5)cc4OC)nc2-3)c1C. The molecule has 236 valence electrons. The summed E-state index contributed by atoms with van der Waals surface area (Å²) in [4.78, 5) is 38.7. The molecule has 2 aliphatic rings. The number of piperazine rings is 1. The minimum atomic E-state index is -0.176. The number of benzene rings is 1. The van der Waals surface area contributed by atoms with E-state index in [1.807, 2.05) is 64.7 Å². The second-order valence-corrected chi connectivity index (χ2v) is 11.3. The molecule has 0 unspecified atom stereocenters. The first-order valence-electron chi connectivity index (χ1n) is 15.1. The largest absolute Gasteiger partial charge is 0.494 e. The Morgan fingerprint density at radius 3 is 2.58 bits per heavy atom. The van der Waals surface area contributed by atoms with Crippen LogP contribution in [0.15, 0.2) is 36.7 Å². The molecule has 45 heavy (non-hydrogen) atoms. The van der Waals surface area contributed by atoms with Crippen molar-refractivity contribution in [1.82, 2.24) is 29.2 Å². The number of methoxy groups -OCH3 is 2. The minimum absolute atomic E-state index is 0.107. The molecule has 3 aromatic heterocycles. The fourth-order valence-electron chi connectivity index (χ4n) is 6.06. The number of ether oxygens (including phenoxy) is 2. The molecule has 0 bridgehead atoms. The van der Waals surface area contributed by atoms with Crippen LogP contribution in [0.1, 0.15) is 39.9 Å². The van der Waals surface area contributed by atoms with Gasteiger partial charge in [0.05, 0.1) is 48.6 Å². The predicted octanol–water partition coefficient (Wildman–Crippen LogP) is 3.50. The van der Waals surface area contributed by atoms with Crippen LogP contribution in [0.4, 0.5) is 23.0 Å². The summed E-state index contributed by atoms with van der Waals surface area (Å²) in [5, 5.41) is 11.0. The normalized spacial score (nSPS) is 14.2. The monoisotopic (exact) mass is 613 g/mol. The number of hydrogen-bond acceptors (Lipinski definition) is 9. The quantitative estimate of drug-likeness (QED) is 0.291. The van der Waals surface area contributed by atoms with Gasteiger partial charge in [0, 0.05) is 75.6 Å². The van der Waals surface area contributed by atoms with E-state index in [0.29, 0.717) is 49.9 Å². The summed E-state index contributed by atoms with van der Waals surface area (Å²) in [5.74, 6) is 1.77. The maximum absolute atomic E-state index is 13.5. The van der Waals surface area contributed by atoms with Crippen molar-refractivity contribution >= 4 is 34.8 Å². The first kappa shape index (κ1) is 30.1. The van der Waals surface area contributed by atoms with Crippen molar-refractivity contribution in [1.29, 1.82) is 0 Å². The van der Waals surface area contributed by atoms with Gasteiger partial charge in [-0.15, -0.1) is 0 Å². The van der Waals surface area contributed by atoms with E-state index in [-0.39, 0.29) is 11.8 Å². The van der Waals surface area contributed by atoms with Gasteiger partial charge in [-0.1, -0.05) is 0 Å². The molecule has 0 saturated carbocycles. The number of aromatic nitrogens is 5. The highest BCUT2D eigenvalue weighted by atomic mass is 16.5. The molecule has 2 N–H and O–H groups in total. The predicted molar refractivity (Wildman–Crippen MR) is 171 cm³/mol. The number of amides is 2. The highest BCUT2D eigenvalue weighted by molar-refractivity contribution is 6.06. The standard InChI is InChI=1S/C32H39N9O4/c1-20-29(21(2)41(37-20)16-17-44-4)35-31(43)25-10-11-40-27(25)9-6-23-19-33-32(36-30(23)40)34-26-8-7-24(18-28(26)45-5)39-14-12-38(13-15-39)22(3)42/h7-8,10-11,18-19H,6,9,12-17H2,1-5H3,(H,35,43)(H,33,34,36). The number of nitrogens with zero attached hydrogens (tertiary/aromatic N) is 7. The van der Waals surface area contributed by atoms with Crippen molar-refractivity contribution in [3.05, 3.63) is 64.9 Å². The summed E-state index contributed by atoms with van der Waals surface area (Å²) in [5.41, 5.74) is 6.66. The van der Waals surface area contributed by atoms with E-state index in [9.17, 15) is 9.59 Å². The molecule has 1 saturated heterocycles. The van der Waals surface area contributed by atoms with Gasteiger partial charge in [-0.2, -0.15) is 10.1 Å². The van der Waals surface area contributed by atoms with E-state index >= 15 is 0 Å². The molecule has 1 fully saturated rings. The molecule has 0 atom stereocenters. The average Bonchev–Trinajstić information content (AvgIpc) is 3.61. The summed E-state index contributed by atoms with van der Waals surface area (Å²) in [7, 11) is 3.29. The van der Waals surface area contributed by atoms with Crippen molar-refractivity contribution in [3.63, 3.8) is 0 Å². The van der Waals surface area contributed by atoms with Gasteiger partial charge in [0.15, 0.2) is 0 Å². The summed E-state index contributed by atoms with van der Waals surface area (Å²) in [6.07, 6.45) is 5.15. The number of anilines is 4. The fourth-order valence-corrected chi connectivity index (χ4v) is 6.06. The first-order valence-corrected chi connectivity index (χ1v) is 15.1. The number of hydrogen-bond donors (Lipinski definition) is 2. The molecule has 0 spiro atoms. The summed E-state index contributed by atoms with van der Waals surface area (Å²) >= 11 is 0. The Bertz CT molecular complexity index is 1740. The molecule has 4 aromatic rings. The van der Waals surface area contributed by atoms with E-state index in [1.165, 1.54) is 0 Å². The second kappa shape index (κ2) is 12.6. The number of rotatable bonds is 9. The topological polar surface area (TPSA) is 132 Å². The van der Waals surface area contributed by atoms with Crippen molar-refractivity contribution < 1.29 is 19.1 Å². The molecule has 2 amide bonds. The van der Waals surface area contributed by atoms with E-state index in [0.717, 1.165) is 65.0 Å². The molecule has 0 aliphatic carbocycles. The minimum Gasteiger partial charge on any atom is -0.494 e. The van der Waals surface area contributed by atoms with Crippen molar-refractivity contribution in [2.24, 2.45) is 0 Å². The summed E-state index contributed by atoms with van der Waals surface area (Å²) in [6, 6.07) is 7.82. The van der Waals surface area contributed by atoms with Crippen LogP contribution >= 0.6 is 0 Å². The van der Waals surface area contributed by atoms with Gasteiger partial charge < -0.3 is 34.5 Å². The number of carbonyl (C=O) groups excluding carboxylic acids is 2. The van der Waals surface area contributed by atoms with Crippen LogP contribution in [0.25, 0.3) is 5.82 Å². The fraction of sp³-hybridized carbons (Fsp3) is 0.406. The van der Waals surface area contributed by atoms with Crippen LogP contribution in [-0.4, -0.2) is 88.0 Å². The molecule has 0 radical (unpaired) electrons. The number of aryl methyl sites for hydroxylation is 2. The van der Waals surface area contributed by atoms with Crippen molar-refractivity contribution in [3.8, 4) is 11.6 Å². The van der Waals surface area contributed by atoms with Crippen LogP contribution in [0, 0.1) is 13.8 Å². The molecule has 13 heteroatoms. The maximum Gasteiger partial charge on any atom is 0.257 e. The van der Waals surface area contributed by atoms with Crippen molar-refractivity contribution in [2.45, 2.75) is 40.2 Å². The van der Waals surface area contributed by atoms with E-state index in [4.69, 9.17) is 14.5 Å². The van der Waals surface area contributed by atoms with Gasteiger partial charge in [0.25, 0.3) is 5.91 Å². The third kappa shape index (κ3) is 5.95. The Kier molecular flexibility index (Phi) is 8.44. The van der Waals surface area contributed by atoms with Crippen LogP contribution < -0.4 is 20.3 Å².